The van der Waals surface area contributed by atoms with Crippen molar-refractivity contribution >= 4 is 5.97 Å². The molecule has 0 saturated carbocycles. The Bertz CT molecular complexity index is 839. The second kappa shape index (κ2) is 7.58. The molecule has 0 radical (unpaired) electrons. The molecule has 6 nitrogen and oxygen atoms in total. The molecule has 0 spiro atoms. The number of fused-ring (bicyclic) bond motifs is 1. The molecular weight excluding hydrogens is 344 g/mol. The fourth-order valence-electron chi connectivity index (χ4n) is 4.05. The smallest absolute Gasteiger partial charge is 0.308 e. The van der Waals surface area contributed by atoms with E-state index < -0.39 is 11.9 Å². The Hall–Kier alpha value is -2.57. The molecule has 4 rings (SSSR count). The van der Waals surface area contributed by atoms with Crippen molar-refractivity contribution in [1.29, 1.82) is 0 Å². The lowest BCUT2D eigenvalue weighted by molar-refractivity contribution is -0.141. The van der Waals surface area contributed by atoms with Gasteiger partial charge in [-0.25, -0.2) is 0 Å². The summed E-state index contributed by atoms with van der Waals surface area (Å²) in [5.74, 6) is 0.167. The van der Waals surface area contributed by atoms with Gasteiger partial charge in [-0.15, -0.1) is 0 Å². The van der Waals surface area contributed by atoms with Crippen LogP contribution in [-0.2, 0) is 17.8 Å². The number of carboxylic acid groups (broad SMARTS) is 1. The largest absolute Gasteiger partial charge is 0.481 e. The van der Waals surface area contributed by atoms with Crippen LogP contribution in [0.4, 0.5) is 0 Å². The summed E-state index contributed by atoms with van der Waals surface area (Å²) < 4.78 is 10.8. The van der Waals surface area contributed by atoms with Gasteiger partial charge in [-0.05, 0) is 41.8 Å². The first-order valence-electron chi connectivity index (χ1n) is 9.26. The third kappa shape index (κ3) is 3.77. The van der Waals surface area contributed by atoms with Crippen LogP contribution >= 0.6 is 0 Å². The summed E-state index contributed by atoms with van der Waals surface area (Å²) in [4.78, 5) is 14.1. The molecule has 2 atom stereocenters. The molecule has 0 amide bonds. The third-order valence-electron chi connectivity index (χ3n) is 5.37. The highest BCUT2D eigenvalue weighted by Crippen LogP contribution is 2.39. The van der Waals surface area contributed by atoms with Gasteiger partial charge in [0, 0.05) is 25.6 Å². The fraction of sp³-hybridized carbons (Fsp3) is 0.381. The van der Waals surface area contributed by atoms with Crippen LogP contribution in [0.2, 0.25) is 0 Å². The Balaban J connectivity index is 1.52. The molecule has 2 heterocycles. The molecule has 0 aliphatic carbocycles. The van der Waals surface area contributed by atoms with Gasteiger partial charge in [0.05, 0.1) is 5.92 Å². The Morgan fingerprint density at radius 1 is 1.11 bits per heavy atom. The minimum Gasteiger partial charge on any atom is -0.481 e. The zero-order chi connectivity index (χ0) is 18.8. The summed E-state index contributed by atoms with van der Waals surface area (Å²) >= 11 is 0. The third-order valence-corrected chi connectivity index (χ3v) is 5.37. The van der Waals surface area contributed by atoms with E-state index in [0.29, 0.717) is 25.4 Å². The average molecular weight is 368 g/mol. The standard InChI is InChI=1S/C21H24N2O4/c22-7-6-14-2-1-3-15(8-14)10-23-11-17(18(12-23)21(24)25)16-4-5-19-20(9-16)27-13-26-19/h1-5,8-9,17-18H,6-7,10-13,22H2,(H,24,25)/t17-,18+/m1/s1. The first-order chi connectivity index (χ1) is 13.1. The van der Waals surface area contributed by atoms with Gasteiger partial charge < -0.3 is 20.3 Å². The molecule has 1 saturated heterocycles. The van der Waals surface area contributed by atoms with Crippen molar-refractivity contribution in [3.8, 4) is 11.5 Å². The first kappa shape index (κ1) is 17.8. The van der Waals surface area contributed by atoms with Crippen molar-refractivity contribution in [3.05, 3.63) is 59.2 Å². The van der Waals surface area contributed by atoms with Crippen molar-refractivity contribution < 1.29 is 19.4 Å². The number of ether oxygens (including phenoxy) is 2. The lowest BCUT2D eigenvalue weighted by atomic mass is 9.89. The quantitative estimate of drug-likeness (QED) is 0.813. The Morgan fingerprint density at radius 3 is 2.74 bits per heavy atom. The van der Waals surface area contributed by atoms with Gasteiger partial charge in [-0.2, -0.15) is 0 Å². The monoisotopic (exact) mass is 368 g/mol. The summed E-state index contributed by atoms with van der Waals surface area (Å²) in [5, 5.41) is 9.74. The fourth-order valence-corrected chi connectivity index (χ4v) is 4.05. The zero-order valence-electron chi connectivity index (χ0n) is 15.1. The minimum atomic E-state index is -0.753. The van der Waals surface area contributed by atoms with Gasteiger partial charge in [-0.3, -0.25) is 9.69 Å². The topological polar surface area (TPSA) is 85.0 Å². The van der Waals surface area contributed by atoms with Crippen LogP contribution in [0.3, 0.4) is 0 Å². The maximum absolute atomic E-state index is 11.9. The highest BCUT2D eigenvalue weighted by molar-refractivity contribution is 5.72. The molecule has 0 bridgehead atoms. The molecule has 0 aromatic heterocycles. The predicted molar refractivity (Wildman–Crippen MR) is 101 cm³/mol. The highest BCUT2D eigenvalue weighted by atomic mass is 16.7. The SMILES string of the molecule is NCCc1cccc(CN2C[C@H](C(=O)O)[C@@H](c3ccc4c(c3)OCO4)C2)c1. The molecule has 2 aliphatic rings. The summed E-state index contributed by atoms with van der Waals surface area (Å²) in [6.45, 7) is 2.83. The highest BCUT2D eigenvalue weighted by Gasteiger charge is 2.39. The first-order valence-corrected chi connectivity index (χ1v) is 9.26. The van der Waals surface area contributed by atoms with Gasteiger partial charge in [-0.1, -0.05) is 30.3 Å². The maximum Gasteiger partial charge on any atom is 0.308 e. The lowest BCUT2D eigenvalue weighted by Crippen LogP contribution is -2.23. The van der Waals surface area contributed by atoms with Gasteiger partial charge >= 0.3 is 5.97 Å². The van der Waals surface area contributed by atoms with E-state index in [1.54, 1.807) is 0 Å². The number of carboxylic acids is 1. The van der Waals surface area contributed by atoms with Crippen molar-refractivity contribution in [2.24, 2.45) is 11.7 Å². The van der Waals surface area contributed by atoms with Crippen LogP contribution in [0.1, 0.15) is 22.6 Å². The van der Waals surface area contributed by atoms with E-state index in [2.05, 4.69) is 23.1 Å². The molecule has 2 aromatic carbocycles. The molecule has 142 valence electrons. The number of nitrogens with two attached hydrogens (primary N) is 1. The number of aliphatic carboxylic acids is 1. The molecule has 0 unspecified atom stereocenters. The van der Waals surface area contributed by atoms with Crippen LogP contribution in [0.5, 0.6) is 11.5 Å². The molecule has 6 heteroatoms. The van der Waals surface area contributed by atoms with E-state index in [-0.39, 0.29) is 12.7 Å². The molecular formula is C21H24N2O4. The average Bonchev–Trinajstić information content (AvgIpc) is 3.28. The number of carbonyl (C=O) groups is 1. The van der Waals surface area contributed by atoms with E-state index >= 15 is 0 Å². The lowest BCUT2D eigenvalue weighted by Gasteiger charge is -2.17. The van der Waals surface area contributed by atoms with Crippen LogP contribution in [-0.4, -0.2) is 42.4 Å². The number of nitrogens with zero attached hydrogens (tertiary/aromatic N) is 1. The van der Waals surface area contributed by atoms with Crippen LogP contribution < -0.4 is 15.2 Å². The summed E-state index contributed by atoms with van der Waals surface area (Å²) in [5.41, 5.74) is 9.05. The Morgan fingerprint density at radius 2 is 1.93 bits per heavy atom. The summed E-state index contributed by atoms with van der Waals surface area (Å²) in [6, 6.07) is 14.1. The van der Waals surface area contributed by atoms with Crippen molar-refractivity contribution in [1.82, 2.24) is 4.90 Å². The Kier molecular flexibility index (Phi) is 5.01. The number of benzene rings is 2. The van der Waals surface area contributed by atoms with Gasteiger partial charge in [0.25, 0.3) is 0 Å². The van der Waals surface area contributed by atoms with E-state index in [1.165, 1.54) is 11.1 Å². The van der Waals surface area contributed by atoms with E-state index in [1.807, 2.05) is 24.3 Å². The molecule has 3 N–H and O–H groups in total. The van der Waals surface area contributed by atoms with Crippen LogP contribution in [0, 0.1) is 5.92 Å². The molecule has 2 aliphatic heterocycles. The summed E-state index contributed by atoms with van der Waals surface area (Å²) in [6.07, 6.45) is 0.853. The van der Waals surface area contributed by atoms with Gasteiger partial charge in [0.15, 0.2) is 11.5 Å². The van der Waals surface area contributed by atoms with Crippen molar-refractivity contribution in [3.63, 3.8) is 0 Å². The molecule has 27 heavy (non-hydrogen) atoms. The van der Waals surface area contributed by atoms with E-state index in [4.69, 9.17) is 15.2 Å². The summed E-state index contributed by atoms with van der Waals surface area (Å²) in [7, 11) is 0. The minimum absolute atomic E-state index is 0.0655. The van der Waals surface area contributed by atoms with Crippen LogP contribution in [0.15, 0.2) is 42.5 Å². The molecule has 1 fully saturated rings. The van der Waals surface area contributed by atoms with Gasteiger partial charge in [0.1, 0.15) is 0 Å². The molecule has 2 aromatic rings. The number of likely N-dealkylation sites (tertiary alicyclic amines) is 1. The van der Waals surface area contributed by atoms with Gasteiger partial charge in [0.2, 0.25) is 6.79 Å². The number of hydrogen-bond acceptors (Lipinski definition) is 5. The number of hydrogen-bond donors (Lipinski definition) is 2. The van der Waals surface area contributed by atoms with E-state index in [0.717, 1.165) is 24.3 Å². The van der Waals surface area contributed by atoms with Crippen molar-refractivity contribution in [2.75, 3.05) is 26.4 Å². The predicted octanol–water partition coefficient (Wildman–Crippen LogP) is 2.22. The second-order valence-corrected chi connectivity index (χ2v) is 7.22. The van der Waals surface area contributed by atoms with Crippen LogP contribution in [0.25, 0.3) is 0 Å². The Labute approximate surface area is 158 Å². The number of rotatable bonds is 6. The second-order valence-electron chi connectivity index (χ2n) is 7.22. The normalized spacial score (nSPS) is 21.5. The zero-order valence-corrected chi connectivity index (χ0v) is 15.1. The van der Waals surface area contributed by atoms with Crippen molar-refractivity contribution in [2.45, 2.75) is 18.9 Å². The van der Waals surface area contributed by atoms with E-state index in [9.17, 15) is 9.90 Å². The maximum atomic E-state index is 11.9.